The number of amides is 1. The summed E-state index contributed by atoms with van der Waals surface area (Å²) in [7, 11) is 3.57. The number of rotatable bonds is 5. The second-order valence-electron chi connectivity index (χ2n) is 7.58. The monoisotopic (exact) mass is 449 g/mol. The number of hydrogen-bond acceptors (Lipinski definition) is 7. The molecule has 0 spiro atoms. The van der Waals surface area contributed by atoms with Gasteiger partial charge in [-0.25, -0.2) is 15.0 Å². The third kappa shape index (κ3) is 3.69. The number of aryl methyl sites for hydroxylation is 1. The fourth-order valence-corrected chi connectivity index (χ4v) is 3.81. The molecule has 32 heavy (non-hydrogen) atoms. The average Bonchev–Trinajstić information content (AvgIpc) is 3.51. The van der Waals surface area contributed by atoms with Crippen LogP contribution < -0.4 is 5.32 Å². The van der Waals surface area contributed by atoms with Gasteiger partial charge in [0.1, 0.15) is 10.8 Å². The molecule has 0 radical (unpaired) electrons. The minimum atomic E-state index is -0.181. The van der Waals surface area contributed by atoms with Crippen molar-refractivity contribution in [1.82, 2.24) is 39.8 Å². The van der Waals surface area contributed by atoms with Crippen molar-refractivity contribution >= 4 is 29.1 Å². The molecule has 1 atom stereocenters. The number of H-pyrrole nitrogens is 1. The van der Waals surface area contributed by atoms with Crippen molar-refractivity contribution in [2.75, 3.05) is 18.9 Å². The molecule has 11 heteroatoms. The fraction of sp³-hybridized carbons (Fsp3) is 0.238. The first-order valence-electron chi connectivity index (χ1n) is 10.1. The van der Waals surface area contributed by atoms with Gasteiger partial charge in [-0.2, -0.15) is 10.2 Å². The van der Waals surface area contributed by atoms with Gasteiger partial charge < -0.3 is 10.2 Å². The van der Waals surface area contributed by atoms with E-state index in [0.29, 0.717) is 39.6 Å². The SMILES string of the molecule is CN1CCC(c2cc(-c3cccc(-c4ccnc(Nc5cnn(C)c5Cl)n4)n3)n[nH]2)C1=O. The van der Waals surface area contributed by atoms with Crippen LogP contribution in [0.15, 0.2) is 42.7 Å². The standard InChI is InChI=1S/C21H20ClN9O/c1-30-9-7-12(20(30)32)16-10-17(29-28-16)14-5-3-4-13(25-14)15-6-8-23-21(26-15)27-18-11-24-31(2)19(18)22/h3-6,8,10-12H,7,9H2,1-2H3,(H,28,29)(H,23,26,27). The molecule has 10 nitrogen and oxygen atoms in total. The maximum absolute atomic E-state index is 12.3. The molecule has 4 aromatic rings. The number of likely N-dealkylation sites (tertiary alicyclic amines) is 1. The van der Waals surface area contributed by atoms with Crippen molar-refractivity contribution in [3.63, 3.8) is 0 Å². The summed E-state index contributed by atoms with van der Waals surface area (Å²) in [6.45, 7) is 0.750. The summed E-state index contributed by atoms with van der Waals surface area (Å²) < 4.78 is 1.55. The van der Waals surface area contributed by atoms with Gasteiger partial charge in [0.2, 0.25) is 11.9 Å². The summed E-state index contributed by atoms with van der Waals surface area (Å²) in [5.74, 6) is 0.311. The van der Waals surface area contributed by atoms with Gasteiger partial charge in [-0.1, -0.05) is 17.7 Å². The van der Waals surface area contributed by atoms with Gasteiger partial charge in [-0.05, 0) is 30.7 Å². The van der Waals surface area contributed by atoms with E-state index in [9.17, 15) is 4.79 Å². The molecule has 1 unspecified atom stereocenters. The minimum absolute atomic E-state index is 0.108. The van der Waals surface area contributed by atoms with Crippen LogP contribution in [0, 0.1) is 0 Å². The Morgan fingerprint density at radius 1 is 1.12 bits per heavy atom. The molecule has 2 N–H and O–H groups in total. The van der Waals surface area contributed by atoms with Crippen molar-refractivity contribution in [1.29, 1.82) is 0 Å². The predicted molar refractivity (Wildman–Crippen MR) is 119 cm³/mol. The van der Waals surface area contributed by atoms with E-state index in [4.69, 9.17) is 16.6 Å². The van der Waals surface area contributed by atoms with E-state index in [1.165, 1.54) is 0 Å². The van der Waals surface area contributed by atoms with Gasteiger partial charge in [-0.15, -0.1) is 0 Å². The molecule has 1 saturated heterocycles. The summed E-state index contributed by atoms with van der Waals surface area (Å²) in [5.41, 5.74) is 4.11. The number of carbonyl (C=O) groups is 1. The number of hydrogen-bond donors (Lipinski definition) is 2. The van der Waals surface area contributed by atoms with Crippen LogP contribution in [0.4, 0.5) is 11.6 Å². The number of nitrogens with one attached hydrogen (secondary N) is 2. The van der Waals surface area contributed by atoms with Crippen LogP contribution in [-0.4, -0.2) is 59.3 Å². The van der Waals surface area contributed by atoms with E-state index in [2.05, 4.69) is 30.6 Å². The lowest BCUT2D eigenvalue weighted by molar-refractivity contribution is -0.127. The van der Waals surface area contributed by atoms with Gasteiger partial charge in [-0.3, -0.25) is 14.6 Å². The van der Waals surface area contributed by atoms with Crippen LogP contribution in [-0.2, 0) is 11.8 Å². The summed E-state index contributed by atoms with van der Waals surface area (Å²) in [4.78, 5) is 27.6. The van der Waals surface area contributed by atoms with Gasteiger partial charge in [0, 0.05) is 32.5 Å². The Bertz CT molecular complexity index is 1300. The molecule has 162 valence electrons. The Morgan fingerprint density at radius 2 is 1.91 bits per heavy atom. The Balaban J connectivity index is 1.40. The van der Waals surface area contributed by atoms with Crippen molar-refractivity contribution < 1.29 is 4.79 Å². The summed E-state index contributed by atoms with van der Waals surface area (Å²) in [6.07, 6.45) is 4.04. The van der Waals surface area contributed by atoms with Crippen LogP contribution in [0.1, 0.15) is 18.0 Å². The Kier molecular flexibility index (Phi) is 5.06. The number of anilines is 2. The molecule has 1 amide bonds. The highest BCUT2D eigenvalue weighted by molar-refractivity contribution is 6.32. The second kappa shape index (κ2) is 8.04. The number of carbonyl (C=O) groups excluding carboxylic acids is 1. The van der Waals surface area contributed by atoms with Crippen molar-refractivity contribution in [2.45, 2.75) is 12.3 Å². The molecule has 0 bridgehead atoms. The van der Waals surface area contributed by atoms with Gasteiger partial charge >= 0.3 is 0 Å². The third-order valence-corrected chi connectivity index (χ3v) is 5.89. The van der Waals surface area contributed by atoms with Gasteiger partial charge in [0.15, 0.2) is 0 Å². The molecule has 5 heterocycles. The zero-order chi connectivity index (χ0) is 22.2. The maximum Gasteiger partial charge on any atom is 0.231 e. The van der Waals surface area contributed by atoms with Crippen LogP contribution in [0.25, 0.3) is 22.8 Å². The fourth-order valence-electron chi connectivity index (χ4n) is 3.67. The molecular weight excluding hydrogens is 430 g/mol. The summed E-state index contributed by atoms with van der Waals surface area (Å²) in [6, 6.07) is 9.32. The molecule has 1 fully saturated rings. The second-order valence-corrected chi connectivity index (χ2v) is 7.94. The number of nitrogens with zero attached hydrogens (tertiary/aromatic N) is 7. The maximum atomic E-state index is 12.3. The first-order valence-corrected chi connectivity index (χ1v) is 10.4. The Hall–Kier alpha value is -3.79. The van der Waals surface area contributed by atoms with E-state index in [0.717, 1.165) is 18.7 Å². The number of aromatic nitrogens is 7. The molecule has 0 aromatic carbocycles. The van der Waals surface area contributed by atoms with Crippen LogP contribution >= 0.6 is 11.6 Å². The molecule has 0 aliphatic carbocycles. The number of likely N-dealkylation sites (N-methyl/N-ethyl adjacent to an activating group) is 1. The van der Waals surface area contributed by atoms with Crippen molar-refractivity contribution in [2.24, 2.45) is 7.05 Å². The lowest BCUT2D eigenvalue weighted by Crippen LogP contribution is -2.21. The van der Waals surface area contributed by atoms with E-state index < -0.39 is 0 Å². The van der Waals surface area contributed by atoms with Crippen molar-refractivity contribution in [3.05, 3.63) is 53.6 Å². The molecule has 4 aromatic heterocycles. The van der Waals surface area contributed by atoms with Crippen LogP contribution in [0.3, 0.4) is 0 Å². The highest BCUT2D eigenvalue weighted by atomic mass is 35.5. The zero-order valence-electron chi connectivity index (χ0n) is 17.4. The number of halogens is 1. The van der Waals surface area contributed by atoms with E-state index in [1.54, 1.807) is 35.1 Å². The largest absolute Gasteiger partial charge is 0.345 e. The molecule has 1 aliphatic heterocycles. The number of aromatic amines is 1. The lowest BCUT2D eigenvalue weighted by atomic mass is 10.0. The van der Waals surface area contributed by atoms with Gasteiger partial charge in [0.25, 0.3) is 0 Å². The Labute approximate surface area is 188 Å². The first kappa shape index (κ1) is 20.1. The predicted octanol–water partition coefficient (Wildman–Crippen LogP) is 3.00. The smallest absolute Gasteiger partial charge is 0.231 e. The van der Waals surface area contributed by atoms with Crippen LogP contribution in [0.2, 0.25) is 5.15 Å². The van der Waals surface area contributed by atoms with E-state index >= 15 is 0 Å². The quantitative estimate of drug-likeness (QED) is 0.480. The minimum Gasteiger partial charge on any atom is -0.345 e. The molecule has 1 aliphatic rings. The normalized spacial score (nSPS) is 16.0. The Morgan fingerprint density at radius 3 is 2.62 bits per heavy atom. The molecule has 5 rings (SSSR count). The highest BCUT2D eigenvalue weighted by Crippen LogP contribution is 2.29. The summed E-state index contributed by atoms with van der Waals surface area (Å²) >= 11 is 6.21. The highest BCUT2D eigenvalue weighted by Gasteiger charge is 2.31. The number of pyridine rings is 1. The van der Waals surface area contributed by atoms with E-state index in [1.807, 2.05) is 31.3 Å². The molecule has 0 saturated carbocycles. The average molecular weight is 450 g/mol. The molecular formula is C21H20ClN9O. The van der Waals surface area contributed by atoms with Crippen molar-refractivity contribution in [3.8, 4) is 22.8 Å². The third-order valence-electron chi connectivity index (χ3n) is 5.44. The topological polar surface area (TPSA) is 118 Å². The van der Waals surface area contributed by atoms with Crippen LogP contribution in [0.5, 0.6) is 0 Å². The lowest BCUT2D eigenvalue weighted by Gasteiger charge is -2.08. The zero-order valence-corrected chi connectivity index (χ0v) is 18.2. The van der Waals surface area contributed by atoms with E-state index in [-0.39, 0.29) is 11.8 Å². The van der Waals surface area contributed by atoms with Gasteiger partial charge in [0.05, 0.1) is 34.9 Å². The first-order chi connectivity index (χ1) is 15.5. The summed E-state index contributed by atoms with van der Waals surface area (Å²) in [5, 5.41) is 15.0.